The Morgan fingerprint density at radius 2 is 2.00 bits per heavy atom. The molecule has 0 spiro atoms. The Morgan fingerprint density at radius 3 is 2.44 bits per heavy atom. The first-order valence-electron chi connectivity index (χ1n) is 5.31. The molecule has 1 atom stereocenters. The number of hydrogen-bond donors (Lipinski definition) is 1. The lowest BCUT2D eigenvalue weighted by atomic mass is 10.2. The maximum atomic E-state index is 11.0. The molecule has 0 aliphatic carbocycles. The maximum absolute atomic E-state index is 11.0. The Hall–Kier alpha value is -1.03. The summed E-state index contributed by atoms with van der Waals surface area (Å²) >= 11 is 3.36. The molecule has 3 nitrogen and oxygen atoms in total. The lowest BCUT2D eigenvalue weighted by molar-refractivity contribution is -0.138. The summed E-state index contributed by atoms with van der Waals surface area (Å²) in [7, 11) is 0. The van der Waals surface area contributed by atoms with Crippen molar-refractivity contribution in [2.45, 2.75) is 26.3 Å². The maximum Gasteiger partial charge on any atom is 0.326 e. The molecule has 4 heteroatoms. The van der Waals surface area contributed by atoms with Crippen LogP contribution in [-0.2, 0) is 4.79 Å². The molecule has 0 aromatic heterocycles. The van der Waals surface area contributed by atoms with Gasteiger partial charge in [-0.3, -0.25) is 0 Å². The zero-order valence-electron chi connectivity index (χ0n) is 9.48. The molecule has 1 rings (SSSR count). The third-order valence-electron chi connectivity index (χ3n) is 2.45. The van der Waals surface area contributed by atoms with Gasteiger partial charge < -0.3 is 10.0 Å². The number of hydrogen-bond acceptors (Lipinski definition) is 2. The minimum atomic E-state index is -0.795. The topological polar surface area (TPSA) is 40.5 Å². The first-order chi connectivity index (χ1) is 7.56. The molecule has 0 heterocycles. The second-order valence-corrected chi connectivity index (χ2v) is 4.60. The van der Waals surface area contributed by atoms with Crippen molar-refractivity contribution in [3.63, 3.8) is 0 Å². The van der Waals surface area contributed by atoms with E-state index in [9.17, 15) is 4.79 Å². The van der Waals surface area contributed by atoms with Crippen molar-refractivity contribution in [2.24, 2.45) is 0 Å². The zero-order valence-corrected chi connectivity index (χ0v) is 11.1. The molecule has 1 N–H and O–H groups in total. The molecule has 0 bridgehead atoms. The van der Waals surface area contributed by atoms with Crippen LogP contribution in [0.25, 0.3) is 0 Å². The van der Waals surface area contributed by atoms with E-state index in [2.05, 4.69) is 15.9 Å². The van der Waals surface area contributed by atoms with Gasteiger partial charge in [0.15, 0.2) is 0 Å². The normalized spacial score (nSPS) is 12.2. The largest absolute Gasteiger partial charge is 0.480 e. The summed E-state index contributed by atoms with van der Waals surface area (Å²) in [6.45, 7) is 4.50. The minimum Gasteiger partial charge on any atom is -0.480 e. The fourth-order valence-corrected chi connectivity index (χ4v) is 1.82. The van der Waals surface area contributed by atoms with Crippen molar-refractivity contribution in [1.82, 2.24) is 0 Å². The van der Waals surface area contributed by atoms with Crippen LogP contribution >= 0.6 is 15.9 Å². The van der Waals surface area contributed by atoms with E-state index in [0.717, 1.165) is 23.1 Å². The summed E-state index contributed by atoms with van der Waals surface area (Å²) in [5.74, 6) is -0.795. The van der Waals surface area contributed by atoms with Crippen LogP contribution < -0.4 is 4.90 Å². The Morgan fingerprint density at radius 1 is 1.44 bits per heavy atom. The molecular formula is C12H16BrNO2. The molecule has 1 aromatic rings. The van der Waals surface area contributed by atoms with Gasteiger partial charge in [0.25, 0.3) is 0 Å². The van der Waals surface area contributed by atoms with Crippen molar-refractivity contribution in [3.8, 4) is 0 Å². The van der Waals surface area contributed by atoms with Gasteiger partial charge in [0.05, 0.1) is 0 Å². The fourth-order valence-electron chi connectivity index (χ4n) is 1.55. The van der Waals surface area contributed by atoms with E-state index < -0.39 is 12.0 Å². The summed E-state index contributed by atoms with van der Waals surface area (Å²) in [6, 6.07) is 7.21. The Kier molecular flexibility index (Phi) is 4.80. The van der Waals surface area contributed by atoms with Crippen molar-refractivity contribution < 1.29 is 9.90 Å². The van der Waals surface area contributed by atoms with E-state index in [-0.39, 0.29) is 0 Å². The van der Waals surface area contributed by atoms with E-state index in [0.29, 0.717) is 0 Å². The van der Waals surface area contributed by atoms with Gasteiger partial charge in [0.1, 0.15) is 6.04 Å². The van der Waals surface area contributed by atoms with Crippen LogP contribution in [0, 0.1) is 0 Å². The summed E-state index contributed by atoms with van der Waals surface area (Å²) in [6.07, 6.45) is 0.924. The van der Waals surface area contributed by atoms with E-state index in [4.69, 9.17) is 5.11 Å². The van der Waals surface area contributed by atoms with Gasteiger partial charge in [-0.05, 0) is 37.6 Å². The molecular weight excluding hydrogens is 270 g/mol. The summed E-state index contributed by atoms with van der Waals surface area (Å²) < 4.78 is 0.996. The van der Waals surface area contributed by atoms with Crippen LogP contribution in [0.5, 0.6) is 0 Å². The zero-order chi connectivity index (χ0) is 12.1. The van der Waals surface area contributed by atoms with Crippen LogP contribution in [0.4, 0.5) is 5.69 Å². The number of aliphatic carboxylic acids is 1. The molecule has 88 valence electrons. The van der Waals surface area contributed by atoms with Gasteiger partial charge in [0, 0.05) is 16.7 Å². The molecule has 0 aliphatic rings. The molecule has 16 heavy (non-hydrogen) atoms. The number of halogens is 1. The highest BCUT2D eigenvalue weighted by Crippen LogP contribution is 2.20. The minimum absolute atomic E-state index is 0.499. The number of carboxylic acids is 1. The third kappa shape index (κ3) is 3.23. The molecule has 0 amide bonds. The third-order valence-corrected chi connectivity index (χ3v) is 2.98. The van der Waals surface area contributed by atoms with E-state index in [1.54, 1.807) is 6.92 Å². The molecule has 0 fully saturated rings. The smallest absolute Gasteiger partial charge is 0.326 e. The van der Waals surface area contributed by atoms with Crippen molar-refractivity contribution in [1.29, 1.82) is 0 Å². The molecule has 0 saturated carbocycles. The van der Waals surface area contributed by atoms with Crippen molar-refractivity contribution >= 4 is 27.6 Å². The summed E-state index contributed by atoms with van der Waals surface area (Å²) in [5.41, 5.74) is 0.944. The lowest BCUT2D eigenvalue weighted by Gasteiger charge is -2.28. The van der Waals surface area contributed by atoms with Gasteiger partial charge in [-0.1, -0.05) is 22.9 Å². The fraction of sp³-hybridized carbons (Fsp3) is 0.417. The van der Waals surface area contributed by atoms with Gasteiger partial charge in [-0.2, -0.15) is 0 Å². The van der Waals surface area contributed by atoms with Gasteiger partial charge >= 0.3 is 5.97 Å². The monoisotopic (exact) mass is 285 g/mol. The SMILES string of the molecule is CCCN(c1ccc(Br)cc1)C(C)C(=O)O. The van der Waals surface area contributed by atoms with Crippen LogP contribution in [0.3, 0.4) is 0 Å². The highest BCUT2D eigenvalue weighted by atomic mass is 79.9. The number of carbonyl (C=O) groups is 1. The second kappa shape index (κ2) is 5.89. The predicted molar refractivity (Wildman–Crippen MR) is 68.9 cm³/mol. The number of nitrogens with zero attached hydrogens (tertiary/aromatic N) is 1. The van der Waals surface area contributed by atoms with Crippen LogP contribution in [0.2, 0.25) is 0 Å². The first-order valence-corrected chi connectivity index (χ1v) is 6.10. The first kappa shape index (κ1) is 13.0. The van der Waals surface area contributed by atoms with Gasteiger partial charge in [-0.15, -0.1) is 0 Å². The average Bonchev–Trinajstić information content (AvgIpc) is 2.26. The standard InChI is InChI=1S/C12H16BrNO2/c1-3-8-14(9(2)12(15)16)11-6-4-10(13)5-7-11/h4-7,9H,3,8H2,1-2H3,(H,15,16). The Labute approximate surface area is 104 Å². The second-order valence-electron chi connectivity index (χ2n) is 3.68. The molecule has 0 aliphatic heterocycles. The van der Waals surface area contributed by atoms with Crippen LogP contribution in [0.1, 0.15) is 20.3 Å². The predicted octanol–water partition coefficient (Wildman–Crippen LogP) is 3.14. The lowest BCUT2D eigenvalue weighted by Crippen LogP contribution is -2.39. The molecule has 1 aromatic carbocycles. The molecule has 0 radical (unpaired) electrons. The molecule has 1 unspecified atom stereocenters. The Bertz CT molecular complexity index is 351. The van der Waals surface area contributed by atoms with Gasteiger partial charge in [-0.25, -0.2) is 4.79 Å². The highest BCUT2D eigenvalue weighted by molar-refractivity contribution is 9.10. The van der Waals surface area contributed by atoms with Crippen molar-refractivity contribution in [3.05, 3.63) is 28.7 Å². The number of carboxylic acid groups (broad SMARTS) is 1. The molecule has 0 saturated heterocycles. The van der Waals surface area contributed by atoms with Crippen LogP contribution in [0.15, 0.2) is 28.7 Å². The highest BCUT2D eigenvalue weighted by Gasteiger charge is 2.19. The Balaban J connectivity index is 2.92. The number of benzene rings is 1. The van der Waals surface area contributed by atoms with Gasteiger partial charge in [0.2, 0.25) is 0 Å². The number of anilines is 1. The van der Waals surface area contributed by atoms with Crippen LogP contribution in [-0.4, -0.2) is 23.7 Å². The number of rotatable bonds is 5. The van der Waals surface area contributed by atoms with E-state index >= 15 is 0 Å². The summed E-state index contributed by atoms with van der Waals surface area (Å²) in [4.78, 5) is 12.9. The van der Waals surface area contributed by atoms with Crippen molar-refractivity contribution in [2.75, 3.05) is 11.4 Å². The van der Waals surface area contributed by atoms with E-state index in [1.807, 2.05) is 36.1 Å². The quantitative estimate of drug-likeness (QED) is 0.904. The summed E-state index contributed by atoms with van der Waals surface area (Å²) in [5, 5.41) is 9.04. The average molecular weight is 286 g/mol. The van der Waals surface area contributed by atoms with E-state index in [1.165, 1.54) is 0 Å².